The number of benzene rings is 2. The molecule has 0 unspecified atom stereocenters. The molecule has 2 aromatic carbocycles. The van der Waals surface area contributed by atoms with Crippen LogP contribution >= 0.6 is 24.0 Å². The third kappa shape index (κ3) is 3.55. The SMILES string of the molecule is O=C(CN1C(=O)/C(=C\c2ccc(O)cc2)SC1=S)c1ccccc1. The highest BCUT2D eigenvalue weighted by Gasteiger charge is 2.33. The van der Waals surface area contributed by atoms with E-state index in [1.165, 1.54) is 16.7 Å². The van der Waals surface area contributed by atoms with Crippen LogP contribution in [0.3, 0.4) is 0 Å². The fourth-order valence-corrected chi connectivity index (χ4v) is 3.47. The zero-order valence-electron chi connectivity index (χ0n) is 12.5. The predicted molar refractivity (Wildman–Crippen MR) is 98.8 cm³/mol. The van der Waals surface area contributed by atoms with Gasteiger partial charge >= 0.3 is 0 Å². The number of thiocarbonyl (C=S) groups is 1. The molecule has 0 atom stereocenters. The standard InChI is InChI=1S/C18H13NO3S2/c20-14-8-6-12(7-9-14)10-16-17(22)19(18(23)24-16)11-15(21)13-4-2-1-3-5-13/h1-10,20H,11H2/b16-10+. The molecular formula is C18H13NO3S2. The first-order chi connectivity index (χ1) is 11.5. The van der Waals surface area contributed by atoms with E-state index < -0.39 is 0 Å². The fourth-order valence-electron chi connectivity index (χ4n) is 2.22. The maximum atomic E-state index is 12.5. The summed E-state index contributed by atoms with van der Waals surface area (Å²) in [6, 6.07) is 15.3. The van der Waals surface area contributed by atoms with Crippen molar-refractivity contribution < 1.29 is 14.7 Å². The Kier molecular flexibility index (Phi) is 4.78. The highest BCUT2D eigenvalue weighted by atomic mass is 32.2. The van der Waals surface area contributed by atoms with Crippen molar-refractivity contribution >= 4 is 46.1 Å². The highest BCUT2D eigenvalue weighted by molar-refractivity contribution is 8.26. The molecule has 0 spiro atoms. The molecule has 120 valence electrons. The molecule has 1 aliphatic rings. The van der Waals surface area contributed by atoms with Gasteiger partial charge in [-0.25, -0.2) is 0 Å². The van der Waals surface area contributed by atoms with E-state index in [9.17, 15) is 14.7 Å². The van der Waals surface area contributed by atoms with Gasteiger partial charge in [0.1, 0.15) is 10.1 Å². The van der Waals surface area contributed by atoms with E-state index in [0.29, 0.717) is 14.8 Å². The average Bonchev–Trinajstić information content (AvgIpc) is 2.85. The molecule has 1 saturated heterocycles. The van der Waals surface area contributed by atoms with Gasteiger partial charge in [0, 0.05) is 5.56 Å². The molecular weight excluding hydrogens is 342 g/mol. The molecule has 1 fully saturated rings. The number of hydrogen-bond acceptors (Lipinski definition) is 5. The summed E-state index contributed by atoms with van der Waals surface area (Å²) in [4.78, 5) is 26.6. The van der Waals surface area contributed by atoms with Gasteiger partial charge in [-0.1, -0.05) is 66.4 Å². The Morgan fingerprint density at radius 1 is 1.12 bits per heavy atom. The number of rotatable bonds is 4. The van der Waals surface area contributed by atoms with Crippen LogP contribution in [-0.4, -0.2) is 32.6 Å². The molecule has 1 amide bonds. The van der Waals surface area contributed by atoms with E-state index in [1.807, 2.05) is 6.07 Å². The molecule has 1 aliphatic heterocycles. The first-order valence-electron chi connectivity index (χ1n) is 7.17. The Morgan fingerprint density at radius 2 is 1.79 bits per heavy atom. The highest BCUT2D eigenvalue weighted by Crippen LogP contribution is 2.32. The molecule has 24 heavy (non-hydrogen) atoms. The molecule has 6 heteroatoms. The van der Waals surface area contributed by atoms with E-state index in [4.69, 9.17) is 12.2 Å². The smallest absolute Gasteiger partial charge is 0.266 e. The van der Waals surface area contributed by atoms with Crippen LogP contribution in [-0.2, 0) is 4.79 Å². The lowest BCUT2D eigenvalue weighted by atomic mass is 10.1. The lowest BCUT2D eigenvalue weighted by Crippen LogP contribution is -2.33. The van der Waals surface area contributed by atoms with Gasteiger partial charge in [0.05, 0.1) is 11.4 Å². The Labute approximate surface area is 148 Å². The van der Waals surface area contributed by atoms with Crippen molar-refractivity contribution in [2.45, 2.75) is 0 Å². The van der Waals surface area contributed by atoms with Gasteiger partial charge in [-0.15, -0.1) is 0 Å². The Balaban J connectivity index is 1.77. The Hall–Kier alpha value is -2.44. The monoisotopic (exact) mass is 355 g/mol. The normalized spacial score (nSPS) is 16.0. The minimum atomic E-state index is -0.276. The molecule has 0 aromatic heterocycles. The molecule has 4 nitrogen and oxygen atoms in total. The number of Topliss-reactive ketones (excluding diaryl/α,β-unsaturated/α-hetero) is 1. The lowest BCUT2D eigenvalue weighted by molar-refractivity contribution is -0.121. The molecule has 0 bridgehead atoms. The predicted octanol–water partition coefficient (Wildman–Crippen LogP) is 3.48. The van der Waals surface area contributed by atoms with E-state index in [1.54, 1.807) is 54.6 Å². The first-order valence-corrected chi connectivity index (χ1v) is 8.40. The number of thioether (sulfide) groups is 1. The second-order valence-corrected chi connectivity index (χ2v) is 6.82. The second-order valence-electron chi connectivity index (χ2n) is 5.15. The minimum absolute atomic E-state index is 0.0679. The lowest BCUT2D eigenvalue weighted by Gasteiger charge is -2.13. The number of carbonyl (C=O) groups excluding carboxylic acids is 2. The molecule has 0 saturated carbocycles. The van der Waals surface area contributed by atoms with Gasteiger partial charge in [-0.05, 0) is 23.8 Å². The van der Waals surface area contributed by atoms with Crippen LogP contribution in [0, 0.1) is 0 Å². The van der Waals surface area contributed by atoms with Crippen molar-refractivity contribution in [1.29, 1.82) is 0 Å². The van der Waals surface area contributed by atoms with Crippen molar-refractivity contribution in [2.75, 3.05) is 6.54 Å². The summed E-state index contributed by atoms with van der Waals surface area (Å²) in [7, 11) is 0. The number of ketones is 1. The van der Waals surface area contributed by atoms with Crippen LogP contribution in [0.25, 0.3) is 6.08 Å². The fraction of sp³-hybridized carbons (Fsp3) is 0.0556. The van der Waals surface area contributed by atoms with Gasteiger partial charge < -0.3 is 5.11 Å². The van der Waals surface area contributed by atoms with Crippen LogP contribution in [0.1, 0.15) is 15.9 Å². The number of hydrogen-bond donors (Lipinski definition) is 1. The van der Waals surface area contributed by atoms with Crippen molar-refractivity contribution in [1.82, 2.24) is 4.90 Å². The Bertz CT molecular complexity index is 829. The molecule has 0 radical (unpaired) electrons. The average molecular weight is 355 g/mol. The molecule has 1 heterocycles. The van der Waals surface area contributed by atoms with Crippen molar-refractivity contribution in [3.63, 3.8) is 0 Å². The van der Waals surface area contributed by atoms with Crippen LogP contribution in [0.15, 0.2) is 59.5 Å². The van der Waals surface area contributed by atoms with Crippen molar-refractivity contribution in [2.24, 2.45) is 0 Å². The van der Waals surface area contributed by atoms with Crippen molar-refractivity contribution in [3.8, 4) is 5.75 Å². The van der Waals surface area contributed by atoms with Crippen LogP contribution in [0.2, 0.25) is 0 Å². The van der Waals surface area contributed by atoms with Crippen LogP contribution < -0.4 is 0 Å². The summed E-state index contributed by atoms with van der Waals surface area (Å²) in [6.07, 6.45) is 1.70. The zero-order valence-corrected chi connectivity index (χ0v) is 14.1. The largest absolute Gasteiger partial charge is 0.508 e. The van der Waals surface area contributed by atoms with Crippen molar-refractivity contribution in [3.05, 3.63) is 70.6 Å². The van der Waals surface area contributed by atoms with Crippen LogP contribution in [0.4, 0.5) is 0 Å². The summed E-state index contributed by atoms with van der Waals surface area (Å²) in [5, 5.41) is 9.30. The zero-order chi connectivity index (χ0) is 17.1. The molecule has 2 aromatic rings. The number of aromatic hydroxyl groups is 1. The Morgan fingerprint density at radius 3 is 2.46 bits per heavy atom. The van der Waals surface area contributed by atoms with Gasteiger partial charge in [-0.3, -0.25) is 14.5 Å². The molecule has 0 aliphatic carbocycles. The van der Waals surface area contributed by atoms with E-state index in [0.717, 1.165) is 5.56 Å². The number of nitrogens with zero attached hydrogens (tertiary/aromatic N) is 1. The molecule has 3 rings (SSSR count). The van der Waals surface area contributed by atoms with Gasteiger partial charge in [0.25, 0.3) is 5.91 Å². The van der Waals surface area contributed by atoms with Gasteiger partial charge in [-0.2, -0.15) is 0 Å². The third-order valence-electron chi connectivity index (χ3n) is 3.46. The number of phenolic OH excluding ortho intramolecular Hbond substituents is 1. The van der Waals surface area contributed by atoms with E-state index in [-0.39, 0.29) is 24.0 Å². The van der Waals surface area contributed by atoms with Gasteiger partial charge in [0.15, 0.2) is 5.78 Å². The summed E-state index contributed by atoms with van der Waals surface area (Å²) >= 11 is 6.41. The summed E-state index contributed by atoms with van der Waals surface area (Å²) in [5.74, 6) is -0.270. The van der Waals surface area contributed by atoms with E-state index in [2.05, 4.69) is 0 Å². The maximum absolute atomic E-state index is 12.5. The number of phenols is 1. The molecule has 1 N–H and O–H groups in total. The minimum Gasteiger partial charge on any atom is -0.508 e. The van der Waals surface area contributed by atoms with E-state index >= 15 is 0 Å². The second kappa shape index (κ2) is 6.98. The third-order valence-corrected chi connectivity index (χ3v) is 4.84. The quantitative estimate of drug-likeness (QED) is 0.517. The first kappa shape index (κ1) is 16.4. The maximum Gasteiger partial charge on any atom is 0.266 e. The summed E-state index contributed by atoms with van der Waals surface area (Å²) < 4.78 is 0.370. The summed E-state index contributed by atoms with van der Waals surface area (Å²) in [6.45, 7) is -0.0679. The van der Waals surface area contributed by atoms with Gasteiger partial charge in [0.2, 0.25) is 0 Å². The summed E-state index contributed by atoms with van der Waals surface area (Å²) in [5.41, 5.74) is 1.33. The topological polar surface area (TPSA) is 57.6 Å². The number of amides is 1. The van der Waals surface area contributed by atoms with Crippen LogP contribution in [0.5, 0.6) is 5.75 Å². The number of carbonyl (C=O) groups is 2.